The van der Waals surface area contributed by atoms with Crippen LogP contribution in [0.4, 0.5) is 11.4 Å². The van der Waals surface area contributed by atoms with E-state index >= 15 is 0 Å². The summed E-state index contributed by atoms with van der Waals surface area (Å²) in [5.41, 5.74) is 0.833. The Balaban J connectivity index is 2.64. The van der Waals surface area contributed by atoms with Gasteiger partial charge in [-0.3, -0.25) is 10.1 Å². The number of hydrogen-bond acceptors (Lipinski definition) is 4. The maximum atomic E-state index is 10.5. The first-order valence-corrected chi connectivity index (χ1v) is 5.66. The van der Waals surface area contributed by atoms with E-state index in [1.165, 1.54) is 12.1 Å². The highest BCUT2D eigenvalue weighted by Crippen LogP contribution is 2.26. The molecule has 16 heavy (non-hydrogen) atoms. The van der Waals surface area contributed by atoms with Crippen LogP contribution in [0, 0.1) is 10.1 Å². The zero-order valence-corrected chi connectivity index (χ0v) is 10.4. The summed E-state index contributed by atoms with van der Waals surface area (Å²) in [6.45, 7) is 2.33. The molecular formula is C10H13BrN2O3. The number of nitro groups is 1. The third-order valence-corrected chi connectivity index (χ3v) is 2.70. The standard InChI is InChI=1S/C10H13BrN2O3/c1-7(14)4-5-12-10-3-2-8(13(15)16)6-9(10)11/h2-3,6-7,12,14H,4-5H2,1H3. The van der Waals surface area contributed by atoms with Gasteiger partial charge in [0.05, 0.1) is 11.0 Å². The quantitative estimate of drug-likeness (QED) is 0.645. The molecule has 1 aromatic rings. The first kappa shape index (κ1) is 12.9. The van der Waals surface area contributed by atoms with E-state index in [2.05, 4.69) is 21.2 Å². The molecule has 0 aliphatic heterocycles. The lowest BCUT2D eigenvalue weighted by Crippen LogP contribution is -2.10. The van der Waals surface area contributed by atoms with Gasteiger partial charge in [-0.15, -0.1) is 0 Å². The first-order chi connectivity index (χ1) is 7.50. The van der Waals surface area contributed by atoms with E-state index in [0.29, 0.717) is 17.4 Å². The van der Waals surface area contributed by atoms with Gasteiger partial charge in [-0.25, -0.2) is 0 Å². The summed E-state index contributed by atoms with van der Waals surface area (Å²) < 4.78 is 0.646. The molecule has 1 unspecified atom stereocenters. The molecule has 0 amide bonds. The minimum absolute atomic E-state index is 0.0490. The molecule has 0 saturated carbocycles. The van der Waals surface area contributed by atoms with Gasteiger partial charge in [-0.1, -0.05) is 0 Å². The Labute approximate surface area is 102 Å². The molecule has 0 bridgehead atoms. The van der Waals surface area contributed by atoms with Gasteiger partial charge in [0.15, 0.2) is 0 Å². The van der Waals surface area contributed by atoms with E-state index in [1.54, 1.807) is 13.0 Å². The predicted molar refractivity (Wildman–Crippen MR) is 65.6 cm³/mol. The van der Waals surface area contributed by atoms with Crippen molar-refractivity contribution in [1.29, 1.82) is 0 Å². The first-order valence-electron chi connectivity index (χ1n) is 4.86. The molecule has 0 aromatic heterocycles. The smallest absolute Gasteiger partial charge is 0.270 e. The van der Waals surface area contributed by atoms with Crippen LogP contribution in [0.2, 0.25) is 0 Å². The molecule has 6 heteroatoms. The summed E-state index contributed by atoms with van der Waals surface area (Å²) in [6.07, 6.45) is 0.271. The van der Waals surface area contributed by atoms with E-state index in [-0.39, 0.29) is 11.8 Å². The molecule has 0 saturated heterocycles. The fourth-order valence-corrected chi connectivity index (χ4v) is 1.68. The van der Waals surface area contributed by atoms with Gasteiger partial charge >= 0.3 is 0 Å². The molecule has 0 aliphatic rings. The molecule has 0 radical (unpaired) electrons. The number of aliphatic hydroxyl groups is 1. The van der Waals surface area contributed by atoms with E-state index in [1.807, 2.05) is 0 Å². The lowest BCUT2D eigenvalue weighted by molar-refractivity contribution is -0.384. The molecule has 1 rings (SSSR count). The van der Waals surface area contributed by atoms with Crippen molar-refractivity contribution >= 4 is 27.3 Å². The summed E-state index contributed by atoms with van der Waals surface area (Å²) in [5, 5.41) is 22.7. The summed E-state index contributed by atoms with van der Waals surface area (Å²) in [6, 6.07) is 4.53. The molecule has 1 atom stereocenters. The van der Waals surface area contributed by atoms with Gasteiger partial charge in [-0.05, 0) is 35.3 Å². The second kappa shape index (κ2) is 5.81. The summed E-state index contributed by atoms with van der Waals surface area (Å²) in [4.78, 5) is 10.1. The predicted octanol–water partition coefficient (Wildman–Crippen LogP) is 2.54. The second-order valence-electron chi connectivity index (χ2n) is 3.49. The molecule has 5 nitrogen and oxygen atoms in total. The van der Waals surface area contributed by atoms with Crippen LogP contribution in [0.5, 0.6) is 0 Å². The second-order valence-corrected chi connectivity index (χ2v) is 4.34. The van der Waals surface area contributed by atoms with Crippen LogP contribution >= 0.6 is 15.9 Å². The number of rotatable bonds is 5. The zero-order chi connectivity index (χ0) is 12.1. The largest absolute Gasteiger partial charge is 0.393 e. The van der Waals surface area contributed by atoms with Crippen LogP contribution in [-0.4, -0.2) is 22.7 Å². The van der Waals surface area contributed by atoms with Crippen molar-refractivity contribution in [2.24, 2.45) is 0 Å². The zero-order valence-electron chi connectivity index (χ0n) is 8.81. The van der Waals surface area contributed by atoms with Crippen molar-refractivity contribution in [1.82, 2.24) is 0 Å². The van der Waals surface area contributed by atoms with Gasteiger partial charge in [0.25, 0.3) is 5.69 Å². The maximum absolute atomic E-state index is 10.5. The van der Waals surface area contributed by atoms with Crippen LogP contribution < -0.4 is 5.32 Å². The van der Waals surface area contributed by atoms with Gasteiger partial charge in [0.2, 0.25) is 0 Å². The van der Waals surface area contributed by atoms with Crippen molar-refractivity contribution in [2.75, 3.05) is 11.9 Å². The number of aliphatic hydroxyl groups excluding tert-OH is 1. The Hall–Kier alpha value is -1.14. The molecule has 2 N–H and O–H groups in total. The molecule has 1 aromatic carbocycles. The number of nitrogens with zero attached hydrogens (tertiary/aromatic N) is 1. The average Bonchev–Trinajstić information content (AvgIpc) is 2.19. The minimum Gasteiger partial charge on any atom is -0.393 e. The third-order valence-electron chi connectivity index (χ3n) is 2.04. The van der Waals surface area contributed by atoms with Crippen molar-refractivity contribution in [3.63, 3.8) is 0 Å². The fraction of sp³-hybridized carbons (Fsp3) is 0.400. The van der Waals surface area contributed by atoms with Crippen molar-refractivity contribution < 1.29 is 10.0 Å². The number of halogens is 1. The van der Waals surface area contributed by atoms with Gasteiger partial charge in [-0.2, -0.15) is 0 Å². The third kappa shape index (κ3) is 3.79. The van der Waals surface area contributed by atoms with Crippen molar-refractivity contribution in [2.45, 2.75) is 19.4 Å². The monoisotopic (exact) mass is 288 g/mol. The van der Waals surface area contributed by atoms with Gasteiger partial charge < -0.3 is 10.4 Å². The lowest BCUT2D eigenvalue weighted by Gasteiger charge is -2.09. The Morgan fingerprint density at radius 3 is 2.81 bits per heavy atom. The normalized spacial score (nSPS) is 12.2. The summed E-state index contributed by atoms with van der Waals surface area (Å²) in [7, 11) is 0. The Kier molecular flexibility index (Phi) is 4.70. The number of nitro benzene ring substituents is 1. The summed E-state index contributed by atoms with van der Waals surface area (Å²) in [5.74, 6) is 0. The molecule has 0 fully saturated rings. The number of non-ortho nitro benzene ring substituents is 1. The van der Waals surface area contributed by atoms with E-state index in [9.17, 15) is 10.1 Å². The highest BCUT2D eigenvalue weighted by Gasteiger charge is 2.08. The van der Waals surface area contributed by atoms with Crippen LogP contribution in [-0.2, 0) is 0 Å². The van der Waals surface area contributed by atoms with Crippen LogP contribution in [0.1, 0.15) is 13.3 Å². The van der Waals surface area contributed by atoms with Crippen LogP contribution in [0.3, 0.4) is 0 Å². The molecule has 88 valence electrons. The van der Waals surface area contributed by atoms with Crippen LogP contribution in [0.15, 0.2) is 22.7 Å². The van der Waals surface area contributed by atoms with Crippen LogP contribution in [0.25, 0.3) is 0 Å². The van der Waals surface area contributed by atoms with Gasteiger partial charge in [0.1, 0.15) is 0 Å². The Bertz CT molecular complexity index is 382. The van der Waals surface area contributed by atoms with E-state index in [0.717, 1.165) is 5.69 Å². The molecular weight excluding hydrogens is 276 g/mol. The molecule has 0 heterocycles. The Morgan fingerprint density at radius 1 is 1.62 bits per heavy atom. The van der Waals surface area contributed by atoms with E-state index in [4.69, 9.17) is 5.11 Å². The summed E-state index contributed by atoms with van der Waals surface area (Å²) >= 11 is 3.25. The highest BCUT2D eigenvalue weighted by molar-refractivity contribution is 9.10. The fourth-order valence-electron chi connectivity index (χ4n) is 1.18. The van der Waals surface area contributed by atoms with E-state index < -0.39 is 4.92 Å². The number of hydrogen-bond donors (Lipinski definition) is 2. The molecule has 0 aliphatic carbocycles. The molecule has 0 spiro atoms. The Morgan fingerprint density at radius 2 is 2.31 bits per heavy atom. The minimum atomic E-state index is -0.440. The van der Waals surface area contributed by atoms with Crippen molar-refractivity contribution in [3.05, 3.63) is 32.8 Å². The average molecular weight is 289 g/mol. The van der Waals surface area contributed by atoms with Crippen molar-refractivity contribution in [3.8, 4) is 0 Å². The number of anilines is 1. The van der Waals surface area contributed by atoms with Gasteiger partial charge in [0, 0.05) is 28.8 Å². The number of nitrogens with one attached hydrogen (secondary N) is 1. The SMILES string of the molecule is CC(O)CCNc1ccc([N+](=O)[O-])cc1Br. The topological polar surface area (TPSA) is 75.4 Å². The lowest BCUT2D eigenvalue weighted by atomic mass is 10.2. The number of benzene rings is 1. The maximum Gasteiger partial charge on any atom is 0.270 e. The highest BCUT2D eigenvalue weighted by atomic mass is 79.9.